The first-order valence-corrected chi connectivity index (χ1v) is 10.2. The predicted molar refractivity (Wildman–Crippen MR) is 107 cm³/mol. The summed E-state index contributed by atoms with van der Waals surface area (Å²) in [7, 11) is 0. The molecule has 2 aromatic rings. The normalized spacial score (nSPS) is 15.5. The predicted octanol–water partition coefficient (Wildman–Crippen LogP) is 4.00. The number of carboxylic acid groups (broad SMARTS) is 1. The number of esters is 1. The van der Waals surface area contributed by atoms with Gasteiger partial charge >= 0.3 is 11.9 Å². The summed E-state index contributed by atoms with van der Waals surface area (Å²) in [6.07, 6.45) is 2.09. The van der Waals surface area contributed by atoms with Crippen LogP contribution in [-0.2, 0) is 27.2 Å². The van der Waals surface area contributed by atoms with Crippen molar-refractivity contribution in [3.05, 3.63) is 51.9 Å². The highest BCUT2D eigenvalue weighted by Gasteiger charge is 2.30. The van der Waals surface area contributed by atoms with E-state index >= 15 is 0 Å². The Morgan fingerprint density at radius 3 is 2.64 bits per heavy atom. The third-order valence-corrected chi connectivity index (χ3v) is 6.00. The van der Waals surface area contributed by atoms with Gasteiger partial charge in [-0.2, -0.15) is 0 Å². The number of thiophene rings is 1. The van der Waals surface area contributed by atoms with Crippen molar-refractivity contribution >= 4 is 34.2 Å². The number of aliphatic carboxylic acids is 1. The second kappa shape index (κ2) is 9.01. The van der Waals surface area contributed by atoms with Crippen LogP contribution in [0.1, 0.15) is 58.5 Å². The van der Waals surface area contributed by atoms with Crippen LogP contribution < -0.4 is 5.32 Å². The van der Waals surface area contributed by atoms with Gasteiger partial charge in [-0.1, -0.05) is 30.3 Å². The summed E-state index contributed by atoms with van der Waals surface area (Å²) in [5, 5.41) is 12.0. The van der Waals surface area contributed by atoms with Gasteiger partial charge in [0.2, 0.25) is 5.91 Å². The van der Waals surface area contributed by atoms with Crippen LogP contribution in [-0.4, -0.2) is 29.6 Å². The molecule has 7 heteroatoms. The van der Waals surface area contributed by atoms with Crippen molar-refractivity contribution in [3.63, 3.8) is 0 Å². The first-order valence-electron chi connectivity index (χ1n) is 9.37. The SMILES string of the molecule is CCOC(=O)c1c(NC(=O)CCC(=O)O)sc2c1CC[C@H](c1ccccc1)C2. The van der Waals surface area contributed by atoms with Gasteiger partial charge < -0.3 is 15.2 Å². The smallest absolute Gasteiger partial charge is 0.341 e. The summed E-state index contributed by atoms with van der Waals surface area (Å²) in [5.41, 5.74) is 2.65. The van der Waals surface area contributed by atoms with E-state index in [0.717, 1.165) is 29.7 Å². The fourth-order valence-electron chi connectivity index (χ4n) is 3.51. The molecule has 1 amide bonds. The molecule has 1 aromatic carbocycles. The molecular formula is C21H23NO5S. The van der Waals surface area contributed by atoms with Crippen molar-refractivity contribution < 1.29 is 24.2 Å². The van der Waals surface area contributed by atoms with Crippen LogP contribution in [0.4, 0.5) is 5.00 Å². The van der Waals surface area contributed by atoms with Crippen molar-refractivity contribution in [2.75, 3.05) is 11.9 Å². The number of hydrogen-bond acceptors (Lipinski definition) is 5. The van der Waals surface area contributed by atoms with E-state index in [1.807, 2.05) is 18.2 Å². The van der Waals surface area contributed by atoms with E-state index < -0.39 is 17.8 Å². The van der Waals surface area contributed by atoms with Gasteiger partial charge in [-0.3, -0.25) is 9.59 Å². The third kappa shape index (κ3) is 4.59. The maximum absolute atomic E-state index is 12.5. The summed E-state index contributed by atoms with van der Waals surface area (Å²) in [5.74, 6) is -1.51. The maximum atomic E-state index is 12.5. The van der Waals surface area contributed by atoms with Gasteiger partial charge in [-0.25, -0.2) is 4.79 Å². The maximum Gasteiger partial charge on any atom is 0.341 e. The largest absolute Gasteiger partial charge is 0.481 e. The molecule has 0 spiro atoms. The molecule has 6 nitrogen and oxygen atoms in total. The van der Waals surface area contributed by atoms with E-state index in [1.54, 1.807) is 6.92 Å². The molecule has 0 radical (unpaired) electrons. The molecular weight excluding hydrogens is 378 g/mol. The van der Waals surface area contributed by atoms with Crippen LogP contribution in [0, 0.1) is 0 Å². The monoisotopic (exact) mass is 401 g/mol. The molecule has 1 aliphatic rings. The number of hydrogen-bond donors (Lipinski definition) is 2. The second-order valence-corrected chi connectivity index (χ2v) is 7.83. The number of carbonyl (C=O) groups is 3. The molecule has 0 fully saturated rings. The minimum absolute atomic E-state index is 0.132. The highest BCUT2D eigenvalue weighted by molar-refractivity contribution is 7.17. The van der Waals surface area contributed by atoms with Gasteiger partial charge in [0.05, 0.1) is 18.6 Å². The van der Waals surface area contributed by atoms with Crippen molar-refractivity contribution in [1.82, 2.24) is 0 Å². The lowest BCUT2D eigenvalue weighted by Gasteiger charge is -2.23. The number of fused-ring (bicyclic) bond motifs is 1. The minimum atomic E-state index is -1.03. The van der Waals surface area contributed by atoms with Crippen molar-refractivity contribution in [2.24, 2.45) is 0 Å². The van der Waals surface area contributed by atoms with Crippen molar-refractivity contribution in [3.8, 4) is 0 Å². The average molecular weight is 401 g/mol. The number of carboxylic acids is 1. The molecule has 28 heavy (non-hydrogen) atoms. The Morgan fingerprint density at radius 2 is 1.96 bits per heavy atom. The molecule has 1 atom stereocenters. The molecule has 0 aliphatic heterocycles. The molecule has 1 aliphatic carbocycles. The fourth-order valence-corrected chi connectivity index (χ4v) is 4.84. The first kappa shape index (κ1) is 20.1. The van der Waals surface area contributed by atoms with Gasteiger partial charge in [-0.05, 0) is 43.2 Å². The van der Waals surface area contributed by atoms with Crippen molar-refractivity contribution in [2.45, 2.75) is 44.9 Å². The lowest BCUT2D eigenvalue weighted by molar-refractivity contribution is -0.138. The van der Waals surface area contributed by atoms with Gasteiger partial charge in [0.1, 0.15) is 5.00 Å². The third-order valence-electron chi connectivity index (χ3n) is 4.83. The standard InChI is InChI=1S/C21H23NO5S/c1-2-27-21(26)19-15-9-8-14(13-6-4-3-5-7-13)12-16(15)28-20(19)22-17(23)10-11-18(24)25/h3-7,14H,2,8-12H2,1H3,(H,22,23)(H,24,25)/t14-/m0/s1. The van der Waals surface area contributed by atoms with E-state index in [-0.39, 0.29) is 19.4 Å². The zero-order valence-corrected chi connectivity index (χ0v) is 16.5. The van der Waals surface area contributed by atoms with Crippen LogP contribution in [0.3, 0.4) is 0 Å². The number of carbonyl (C=O) groups excluding carboxylic acids is 2. The number of benzene rings is 1. The Bertz CT molecular complexity index is 874. The zero-order valence-electron chi connectivity index (χ0n) is 15.7. The van der Waals surface area contributed by atoms with Crippen molar-refractivity contribution in [1.29, 1.82) is 0 Å². The summed E-state index contributed by atoms with van der Waals surface area (Å²) in [6, 6.07) is 10.3. The number of ether oxygens (including phenoxy) is 1. The summed E-state index contributed by atoms with van der Waals surface area (Å²) in [6.45, 7) is 2.00. The molecule has 0 saturated carbocycles. The second-order valence-electron chi connectivity index (χ2n) is 6.72. The molecule has 0 unspecified atom stereocenters. The van der Waals surface area contributed by atoms with Crippen LogP contribution >= 0.6 is 11.3 Å². The van der Waals surface area contributed by atoms with E-state index in [0.29, 0.717) is 16.5 Å². The topological polar surface area (TPSA) is 92.7 Å². The number of anilines is 1. The molecule has 0 bridgehead atoms. The van der Waals surface area contributed by atoms with Crippen LogP contribution in [0.25, 0.3) is 0 Å². The van der Waals surface area contributed by atoms with Crippen LogP contribution in [0.2, 0.25) is 0 Å². The summed E-state index contributed by atoms with van der Waals surface area (Å²) in [4.78, 5) is 36.4. The Balaban J connectivity index is 1.86. The highest BCUT2D eigenvalue weighted by Crippen LogP contribution is 2.42. The Hall–Kier alpha value is -2.67. The molecule has 2 N–H and O–H groups in total. The molecule has 0 saturated heterocycles. The molecule has 1 aromatic heterocycles. The highest BCUT2D eigenvalue weighted by atomic mass is 32.1. The number of rotatable bonds is 7. The van der Waals surface area contributed by atoms with Gasteiger partial charge in [0.15, 0.2) is 0 Å². The van der Waals surface area contributed by atoms with Gasteiger partial charge in [0, 0.05) is 11.3 Å². The van der Waals surface area contributed by atoms with Gasteiger partial charge in [0.25, 0.3) is 0 Å². The lowest BCUT2D eigenvalue weighted by atomic mass is 9.83. The molecule has 3 rings (SSSR count). The minimum Gasteiger partial charge on any atom is -0.481 e. The first-order chi connectivity index (χ1) is 13.5. The summed E-state index contributed by atoms with van der Waals surface area (Å²) < 4.78 is 5.21. The molecule has 1 heterocycles. The Kier molecular flexibility index (Phi) is 6.46. The van der Waals surface area contributed by atoms with Crippen LogP contribution in [0.5, 0.6) is 0 Å². The lowest BCUT2D eigenvalue weighted by Crippen LogP contribution is -2.17. The van der Waals surface area contributed by atoms with E-state index in [9.17, 15) is 14.4 Å². The molecule has 148 valence electrons. The summed E-state index contributed by atoms with van der Waals surface area (Å²) >= 11 is 1.40. The zero-order chi connectivity index (χ0) is 20.1. The fraction of sp³-hybridized carbons (Fsp3) is 0.381. The number of nitrogens with one attached hydrogen (secondary N) is 1. The van der Waals surface area contributed by atoms with E-state index in [4.69, 9.17) is 9.84 Å². The quantitative estimate of drug-likeness (QED) is 0.684. The number of amides is 1. The van der Waals surface area contributed by atoms with E-state index in [2.05, 4.69) is 17.4 Å². The van der Waals surface area contributed by atoms with E-state index in [1.165, 1.54) is 16.9 Å². The Morgan fingerprint density at radius 1 is 1.21 bits per heavy atom. The van der Waals surface area contributed by atoms with Crippen LogP contribution in [0.15, 0.2) is 30.3 Å². The van der Waals surface area contributed by atoms with Gasteiger partial charge in [-0.15, -0.1) is 11.3 Å². The average Bonchev–Trinajstić information content (AvgIpc) is 3.04. The Labute approximate surface area is 167 Å².